The van der Waals surface area contributed by atoms with E-state index in [0.717, 1.165) is 27.4 Å². The van der Waals surface area contributed by atoms with Crippen molar-refractivity contribution in [3.05, 3.63) is 51.2 Å². The molecule has 0 aliphatic carbocycles. The van der Waals surface area contributed by atoms with E-state index >= 15 is 0 Å². The maximum atomic E-state index is 6.08. The van der Waals surface area contributed by atoms with Crippen LogP contribution in [-0.4, -0.2) is 19.7 Å². The molecule has 0 fully saturated rings. The molecule has 0 aliphatic rings. The van der Waals surface area contributed by atoms with Crippen LogP contribution in [0.2, 0.25) is 5.02 Å². The van der Waals surface area contributed by atoms with Gasteiger partial charge in [-0.05, 0) is 19.1 Å². The van der Waals surface area contributed by atoms with Crippen LogP contribution in [0.15, 0.2) is 34.8 Å². The summed E-state index contributed by atoms with van der Waals surface area (Å²) in [6, 6.07) is 7.38. The van der Waals surface area contributed by atoms with Gasteiger partial charge in [-0.1, -0.05) is 35.5 Å². The summed E-state index contributed by atoms with van der Waals surface area (Å²) in [5.74, 6) is 2.17. The van der Waals surface area contributed by atoms with Gasteiger partial charge in [0.25, 0.3) is 0 Å². The van der Waals surface area contributed by atoms with Crippen LogP contribution in [0.25, 0.3) is 0 Å². The topological polar surface area (TPSA) is 52.8 Å². The van der Waals surface area contributed by atoms with Gasteiger partial charge in [0.1, 0.15) is 12.4 Å². The van der Waals surface area contributed by atoms with Gasteiger partial charge in [-0.3, -0.25) is 0 Å². The third kappa shape index (κ3) is 4.04. The van der Waals surface area contributed by atoms with Crippen LogP contribution in [-0.2, 0) is 19.4 Å². The van der Waals surface area contributed by atoms with Crippen LogP contribution in [0.3, 0.4) is 0 Å². The third-order valence-corrected chi connectivity index (χ3v) is 5.32. The van der Waals surface area contributed by atoms with Gasteiger partial charge in [-0.15, -0.1) is 21.5 Å². The average molecular weight is 367 g/mol. The van der Waals surface area contributed by atoms with Gasteiger partial charge in [-0.25, -0.2) is 4.98 Å². The van der Waals surface area contributed by atoms with Crippen molar-refractivity contribution >= 4 is 34.7 Å². The van der Waals surface area contributed by atoms with Crippen LogP contribution in [0.1, 0.15) is 16.5 Å². The zero-order valence-electron chi connectivity index (χ0n) is 12.7. The minimum Gasteiger partial charge on any atom is -0.484 e. The number of aryl methyl sites for hydroxylation is 1. The van der Waals surface area contributed by atoms with Crippen LogP contribution in [0, 0.1) is 6.92 Å². The van der Waals surface area contributed by atoms with Gasteiger partial charge >= 0.3 is 0 Å². The van der Waals surface area contributed by atoms with Crippen molar-refractivity contribution in [2.45, 2.75) is 24.4 Å². The van der Waals surface area contributed by atoms with E-state index in [-0.39, 0.29) is 0 Å². The van der Waals surface area contributed by atoms with Crippen LogP contribution in [0.4, 0.5) is 0 Å². The summed E-state index contributed by atoms with van der Waals surface area (Å²) < 4.78 is 7.64. The molecule has 120 valence electrons. The van der Waals surface area contributed by atoms with E-state index < -0.39 is 0 Å². The Bertz CT molecular complexity index is 802. The third-order valence-electron chi connectivity index (χ3n) is 3.13. The van der Waals surface area contributed by atoms with Gasteiger partial charge < -0.3 is 9.30 Å². The SMILES string of the molecule is Cc1nc(CSc2nnc(COc3ccccc3Cl)n2C)cs1. The number of nitrogens with zero attached hydrogens (tertiary/aromatic N) is 4. The molecule has 2 aromatic heterocycles. The van der Waals surface area contributed by atoms with Crippen molar-refractivity contribution in [2.75, 3.05) is 0 Å². The number of hydrogen-bond donors (Lipinski definition) is 0. The molecule has 0 unspecified atom stereocenters. The molecule has 0 atom stereocenters. The van der Waals surface area contributed by atoms with Crippen molar-refractivity contribution in [2.24, 2.45) is 7.05 Å². The predicted octanol–water partition coefficient (Wildman–Crippen LogP) is 4.10. The highest BCUT2D eigenvalue weighted by Gasteiger charge is 2.11. The van der Waals surface area contributed by atoms with E-state index in [1.807, 2.05) is 36.7 Å². The number of benzene rings is 1. The van der Waals surface area contributed by atoms with E-state index in [9.17, 15) is 0 Å². The molecule has 23 heavy (non-hydrogen) atoms. The fraction of sp³-hybridized carbons (Fsp3) is 0.267. The second-order valence-corrected chi connectivity index (χ2v) is 7.24. The molecule has 0 radical (unpaired) electrons. The summed E-state index contributed by atoms with van der Waals surface area (Å²) >= 11 is 9.34. The minimum atomic E-state index is 0.323. The summed E-state index contributed by atoms with van der Waals surface area (Å²) in [5.41, 5.74) is 1.06. The monoisotopic (exact) mass is 366 g/mol. The van der Waals surface area contributed by atoms with Crippen molar-refractivity contribution in [3.8, 4) is 5.75 Å². The van der Waals surface area contributed by atoms with E-state index in [0.29, 0.717) is 17.4 Å². The predicted molar refractivity (Wildman–Crippen MR) is 93.2 cm³/mol. The normalized spacial score (nSPS) is 10.9. The lowest BCUT2D eigenvalue weighted by Crippen LogP contribution is -2.04. The Hall–Kier alpha value is -1.57. The first-order chi connectivity index (χ1) is 11.1. The molecule has 0 aliphatic heterocycles. The molecule has 0 saturated heterocycles. The molecular formula is C15H15ClN4OS2. The number of halogens is 1. The zero-order chi connectivity index (χ0) is 16.2. The lowest BCUT2D eigenvalue weighted by Gasteiger charge is -2.07. The zero-order valence-corrected chi connectivity index (χ0v) is 15.1. The summed E-state index contributed by atoms with van der Waals surface area (Å²) in [4.78, 5) is 4.45. The molecule has 3 rings (SSSR count). The maximum absolute atomic E-state index is 6.08. The molecule has 0 bridgehead atoms. The Kier molecular flexibility index (Phi) is 5.20. The second-order valence-electron chi connectivity index (χ2n) is 4.82. The van der Waals surface area contributed by atoms with Crippen molar-refractivity contribution in [1.82, 2.24) is 19.7 Å². The molecule has 0 amide bonds. The molecular weight excluding hydrogens is 352 g/mol. The van der Waals surface area contributed by atoms with Gasteiger partial charge in [-0.2, -0.15) is 0 Å². The first-order valence-electron chi connectivity index (χ1n) is 6.93. The maximum Gasteiger partial charge on any atom is 0.191 e. The standard InChI is InChI=1S/C15H15ClN4OS2/c1-10-17-11(8-22-10)9-23-15-19-18-14(20(15)2)7-21-13-6-4-3-5-12(13)16/h3-6,8H,7,9H2,1-2H3. The van der Waals surface area contributed by atoms with Gasteiger partial charge in [0.05, 0.1) is 15.7 Å². The molecule has 2 heterocycles. The highest BCUT2D eigenvalue weighted by Crippen LogP contribution is 2.25. The van der Waals surface area contributed by atoms with Crippen LogP contribution >= 0.6 is 34.7 Å². The van der Waals surface area contributed by atoms with Gasteiger partial charge in [0.15, 0.2) is 11.0 Å². The summed E-state index contributed by atoms with van der Waals surface area (Å²) in [6.45, 7) is 2.33. The number of rotatable bonds is 6. The Morgan fingerprint density at radius 2 is 2.13 bits per heavy atom. The Balaban J connectivity index is 1.61. The number of thiazole rings is 1. The number of para-hydroxylation sites is 1. The van der Waals surface area contributed by atoms with E-state index in [4.69, 9.17) is 16.3 Å². The lowest BCUT2D eigenvalue weighted by atomic mass is 10.3. The quantitative estimate of drug-likeness (QED) is 0.614. The molecule has 8 heteroatoms. The fourth-order valence-corrected chi connectivity index (χ4v) is 3.64. The molecule has 1 aromatic carbocycles. The molecule has 0 saturated carbocycles. The Morgan fingerprint density at radius 1 is 1.30 bits per heavy atom. The van der Waals surface area contributed by atoms with Gasteiger partial charge in [0.2, 0.25) is 0 Å². The molecule has 3 aromatic rings. The smallest absolute Gasteiger partial charge is 0.191 e. The fourth-order valence-electron chi connectivity index (χ4n) is 1.91. The van der Waals surface area contributed by atoms with Crippen molar-refractivity contribution in [3.63, 3.8) is 0 Å². The molecule has 0 spiro atoms. The Labute approximate surface area is 147 Å². The summed E-state index contributed by atoms with van der Waals surface area (Å²) in [5, 5.41) is 13.0. The first kappa shape index (κ1) is 16.3. The highest BCUT2D eigenvalue weighted by molar-refractivity contribution is 7.98. The minimum absolute atomic E-state index is 0.323. The van der Waals surface area contributed by atoms with E-state index in [1.165, 1.54) is 0 Å². The first-order valence-corrected chi connectivity index (χ1v) is 9.17. The second kappa shape index (κ2) is 7.33. The highest BCUT2D eigenvalue weighted by atomic mass is 35.5. The molecule has 5 nitrogen and oxygen atoms in total. The van der Waals surface area contributed by atoms with Crippen LogP contribution < -0.4 is 4.74 Å². The number of ether oxygens (including phenoxy) is 1. The number of thioether (sulfide) groups is 1. The number of aromatic nitrogens is 4. The Morgan fingerprint density at radius 3 is 2.87 bits per heavy atom. The molecule has 0 N–H and O–H groups in total. The van der Waals surface area contributed by atoms with Crippen LogP contribution in [0.5, 0.6) is 5.75 Å². The summed E-state index contributed by atoms with van der Waals surface area (Å²) in [7, 11) is 1.93. The largest absolute Gasteiger partial charge is 0.484 e. The lowest BCUT2D eigenvalue weighted by molar-refractivity contribution is 0.290. The summed E-state index contributed by atoms with van der Waals surface area (Å²) in [6.07, 6.45) is 0. The van der Waals surface area contributed by atoms with E-state index in [1.54, 1.807) is 29.2 Å². The van der Waals surface area contributed by atoms with Crippen molar-refractivity contribution in [1.29, 1.82) is 0 Å². The number of hydrogen-bond acceptors (Lipinski definition) is 6. The van der Waals surface area contributed by atoms with E-state index in [2.05, 4.69) is 20.6 Å². The van der Waals surface area contributed by atoms with Crippen molar-refractivity contribution < 1.29 is 4.74 Å². The van der Waals surface area contributed by atoms with Gasteiger partial charge in [0, 0.05) is 18.2 Å². The average Bonchev–Trinajstić information content (AvgIpc) is 3.11.